The summed E-state index contributed by atoms with van der Waals surface area (Å²) in [5.41, 5.74) is -0.0125. The van der Waals surface area contributed by atoms with E-state index in [1.807, 2.05) is 12.1 Å². The summed E-state index contributed by atoms with van der Waals surface area (Å²) in [6.45, 7) is 1.66. The summed E-state index contributed by atoms with van der Waals surface area (Å²) >= 11 is 0. The SMILES string of the molecule is N#CCC(=O)N1CCC(CNc2ncc(C#N)c(-c3c[nH]c4ncc(C(F)(F)F)cc34)n2)CC1. The van der Waals surface area contributed by atoms with Crippen molar-refractivity contribution in [2.24, 2.45) is 5.92 Å². The van der Waals surface area contributed by atoms with E-state index in [1.165, 1.54) is 12.4 Å². The normalized spacial score (nSPS) is 14.6. The Kier molecular flexibility index (Phi) is 6.32. The Labute approximate surface area is 192 Å². The number of halogens is 3. The second kappa shape index (κ2) is 9.35. The van der Waals surface area contributed by atoms with Crippen LogP contribution in [0, 0.1) is 28.6 Å². The van der Waals surface area contributed by atoms with Gasteiger partial charge >= 0.3 is 6.18 Å². The monoisotopic (exact) mass is 468 g/mol. The van der Waals surface area contributed by atoms with E-state index in [4.69, 9.17) is 5.26 Å². The molecule has 4 rings (SSSR count). The van der Waals surface area contributed by atoms with E-state index in [0.29, 0.717) is 25.2 Å². The molecule has 1 saturated heterocycles. The predicted octanol–water partition coefficient (Wildman–Crippen LogP) is 3.47. The molecule has 174 valence electrons. The number of pyridine rings is 1. The first-order valence-corrected chi connectivity index (χ1v) is 10.5. The molecule has 12 heteroatoms. The molecule has 3 aromatic rings. The zero-order valence-electron chi connectivity index (χ0n) is 17.9. The van der Waals surface area contributed by atoms with Gasteiger partial charge in [-0.2, -0.15) is 23.7 Å². The molecule has 0 unspecified atom stereocenters. The molecule has 34 heavy (non-hydrogen) atoms. The molecule has 0 spiro atoms. The van der Waals surface area contributed by atoms with Crippen LogP contribution in [-0.2, 0) is 11.0 Å². The van der Waals surface area contributed by atoms with Gasteiger partial charge in [0.2, 0.25) is 11.9 Å². The standard InChI is InChI=1S/C22H19F3N8O/c23-22(24,25)15-7-16-17(12-29-20(16)28-11-15)19-14(8-27)10-31-21(32-19)30-9-13-2-5-33(6-3-13)18(34)1-4-26/h7,10-13H,1-3,5-6,9H2,(H,28,29)(H,30,31,32). The number of amides is 1. The van der Waals surface area contributed by atoms with E-state index in [-0.39, 0.29) is 46.5 Å². The van der Waals surface area contributed by atoms with Crippen LogP contribution in [0.15, 0.2) is 24.7 Å². The van der Waals surface area contributed by atoms with Crippen molar-refractivity contribution in [3.63, 3.8) is 0 Å². The Morgan fingerprint density at radius 1 is 1.24 bits per heavy atom. The molecule has 1 aliphatic heterocycles. The van der Waals surface area contributed by atoms with Crippen LogP contribution < -0.4 is 5.32 Å². The fourth-order valence-electron chi connectivity index (χ4n) is 3.91. The lowest BCUT2D eigenvalue weighted by atomic mass is 9.96. The zero-order valence-corrected chi connectivity index (χ0v) is 17.9. The Bertz CT molecular complexity index is 1300. The van der Waals surface area contributed by atoms with Crippen molar-refractivity contribution in [3.8, 4) is 23.4 Å². The third-order valence-corrected chi connectivity index (χ3v) is 5.77. The minimum Gasteiger partial charge on any atom is -0.354 e. The number of fused-ring (bicyclic) bond motifs is 1. The second-order valence-corrected chi connectivity index (χ2v) is 7.93. The highest BCUT2D eigenvalue weighted by molar-refractivity contribution is 5.94. The number of nitrogens with one attached hydrogen (secondary N) is 2. The van der Waals surface area contributed by atoms with Crippen LogP contribution in [0.1, 0.15) is 30.4 Å². The Morgan fingerprint density at radius 2 is 2.00 bits per heavy atom. The van der Waals surface area contributed by atoms with Gasteiger partial charge in [-0.05, 0) is 24.8 Å². The lowest BCUT2D eigenvalue weighted by Crippen LogP contribution is -2.39. The molecule has 9 nitrogen and oxygen atoms in total. The number of aromatic amines is 1. The maximum Gasteiger partial charge on any atom is 0.417 e. The summed E-state index contributed by atoms with van der Waals surface area (Å²) in [6.07, 6.45) is 0.370. The van der Waals surface area contributed by atoms with Crippen molar-refractivity contribution in [3.05, 3.63) is 35.8 Å². The number of aromatic nitrogens is 4. The summed E-state index contributed by atoms with van der Waals surface area (Å²) in [5, 5.41) is 21.5. The molecular formula is C22H19F3N8O. The van der Waals surface area contributed by atoms with Crippen molar-refractivity contribution in [2.45, 2.75) is 25.4 Å². The van der Waals surface area contributed by atoms with Crippen LogP contribution >= 0.6 is 0 Å². The molecule has 4 heterocycles. The Hall–Kier alpha value is -4.19. The molecule has 0 atom stereocenters. The number of H-pyrrole nitrogens is 1. The molecule has 2 N–H and O–H groups in total. The van der Waals surface area contributed by atoms with Crippen LogP contribution in [0.4, 0.5) is 19.1 Å². The van der Waals surface area contributed by atoms with Gasteiger partial charge in [-0.1, -0.05) is 0 Å². The molecule has 0 saturated carbocycles. The fraction of sp³-hybridized carbons (Fsp3) is 0.364. The van der Waals surface area contributed by atoms with E-state index >= 15 is 0 Å². The summed E-state index contributed by atoms with van der Waals surface area (Å²) in [6, 6.07) is 4.83. The molecule has 0 aliphatic carbocycles. The van der Waals surface area contributed by atoms with Crippen LogP contribution in [0.5, 0.6) is 0 Å². The van der Waals surface area contributed by atoms with Crippen molar-refractivity contribution in [1.29, 1.82) is 10.5 Å². The number of hydrogen-bond donors (Lipinski definition) is 2. The molecule has 3 aromatic heterocycles. The molecule has 0 radical (unpaired) electrons. The average Bonchev–Trinajstić information content (AvgIpc) is 3.26. The largest absolute Gasteiger partial charge is 0.417 e. The van der Waals surface area contributed by atoms with E-state index in [0.717, 1.165) is 25.1 Å². The number of anilines is 1. The molecule has 1 fully saturated rings. The summed E-state index contributed by atoms with van der Waals surface area (Å²) in [7, 11) is 0. The van der Waals surface area contributed by atoms with Crippen molar-refractivity contribution >= 4 is 22.9 Å². The van der Waals surface area contributed by atoms with Crippen LogP contribution in [0.3, 0.4) is 0 Å². The molecule has 1 aliphatic rings. The second-order valence-electron chi connectivity index (χ2n) is 7.93. The third kappa shape index (κ3) is 4.76. The fourth-order valence-corrected chi connectivity index (χ4v) is 3.91. The van der Waals surface area contributed by atoms with Gasteiger partial charge in [0.25, 0.3) is 0 Å². The van der Waals surface area contributed by atoms with Crippen molar-refractivity contribution < 1.29 is 18.0 Å². The van der Waals surface area contributed by atoms with Gasteiger partial charge in [-0.15, -0.1) is 0 Å². The predicted molar refractivity (Wildman–Crippen MR) is 115 cm³/mol. The Balaban J connectivity index is 1.52. The molecular weight excluding hydrogens is 449 g/mol. The number of likely N-dealkylation sites (tertiary alicyclic amines) is 1. The smallest absolute Gasteiger partial charge is 0.354 e. The van der Waals surface area contributed by atoms with Gasteiger partial charge in [-0.25, -0.2) is 15.0 Å². The van der Waals surface area contributed by atoms with Crippen molar-refractivity contribution in [2.75, 3.05) is 25.0 Å². The lowest BCUT2D eigenvalue weighted by molar-refractivity contribution is -0.137. The maximum atomic E-state index is 13.2. The lowest BCUT2D eigenvalue weighted by Gasteiger charge is -2.31. The minimum absolute atomic E-state index is 0.119. The number of nitrogens with zero attached hydrogens (tertiary/aromatic N) is 6. The quantitative estimate of drug-likeness (QED) is 0.585. The number of alkyl halides is 3. The number of carbonyl (C=O) groups is 1. The van der Waals surface area contributed by atoms with Gasteiger partial charge in [0.05, 0.1) is 29.1 Å². The Morgan fingerprint density at radius 3 is 2.68 bits per heavy atom. The highest BCUT2D eigenvalue weighted by Gasteiger charge is 2.32. The zero-order chi connectivity index (χ0) is 24.3. The summed E-state index contributed by atoms with van der Waals surface area (Å²) in [4.78, 5) is 28.7. The van der Waals surface area contributed by atoms with Crippen LogP contribution in [-0.4, -0.2) is 50.4 Å². The van der Waals surface area contributed by atoms with Gasteiger partial charge in [-0.3, -0.25) is 4.79 Å². The summed E-state index contributed by atoms with van der Waals surface area (Å²) < 4.78 is 39.5. The van der Waals surface area contributed by atoms with Gasteiger partial charge < -0.3 is 15.2 Å². The first-order chi connectivity index (χ1) is 16.3. The van der Waals surface area contributed by atoms with Crippen molar-refractivity contribution in [1.82, 2.24) is 24.8 Å². The van der Waals surface area contributed by atoms with Crippen LogP contribution in [0.25, 0.3) is 22.3 Å². The highest BCUT2D eigenvalue weighted by atomic mass is 19.4. The average molecular weight is 468 g/mol. The highest BCUT2D eigenvalue weighted by Crippen LogP contribution is 2.34. The maximum absolute atomic E-state index is 13.2. The number of carbonyl (C=O) groups excluding carboxylic acids is 1. The van der Waals surface area contributed by atoms with E-state index < -0.39 is 11.7 Å². The third-order valence-electron chi connectivity index (χ3n) is 5.77. The topological polar surface area (TPSA) is 134 Å². The minimum atomic E-state index is -4.55. The number of hydrogen-bond acceptors (Lipinski definition) is 7. The van der Waals surface area contributed by atoms with E-state index in [2.05, 4.69) is 25.3 Å². The number of nitriles is 2. The van der Waals surface area contributed by atoms with E-state index in [1.54, 1.807) is 4.90 Å². The van der Waals surface area contributed by atoms with Gasteiger partial charge in [0.1, 0.15) is 18.1 Å². The first-order valence-electron chi connectivity index (χ1n) is 10.5. The number of piperidine rings is 1. The van der Waals surface area contributed by atoms with Crippen LogP contribution in [0.2, 0.25) is 0 Å². The van der Waals surface area contributed by atoms with E-state index in [9.17, 15) is 23.2 Å². The number of rotatable bonds is 5. The molecule has 0 bridgehead atoms. The van der Waals surface area contributed by atoms with Gasteiger partial charge in [0.15, 0.2) is 0 Å². The summed E-state index contributed by atoms with van der Waals surface area (Å²) in [5.74, 6) is 0.322. The van der Waals surface area contributed by atoms with Gasteiger partial charge in [0, 0.05) is 43.0 Å². The first kappa shape index (κ1) is 23.0. The molecule has 1 amide bonds. The molecule has 0 aromatic carbocycles.